The first-order chi connectivity index (χ1) is 18.4. The van der Waals surface area contributed by atoms with Crippen LogP contribution in [0.2, 0.25) is 0 Å². The quantitative estimate of drug-likeness (QED) is 0.388. The normalized spacial score (nSPS) is 14.1. The molecule has 2 N–H and O–H groups in total. The molecule has 3 aromatic rings. The van der Waals surface area contributed by atoms with E-state index in [2.05, 4.69) is 32.1 Å². The highest BCUT2D eigenvalue weighted by Crippen LogP contribution is 2.31. The van der Waals surface area contributed by atoms with E-state index >= 15 is 0 Å². The zero-order valence-electron chi connectivity index (χ0n) is 22.0. The molecular weight excluding hydrogens is 488 g/mol. The predicted molar refractivity (Wildman–Crippen MR) is 145 cm³/mol. The molecule has 1 aliphatic rings. The van der Waals surface area contributed by atoms with Crippen molar-refractivity contribution >= 4 is 23.5 Å². The predicted octanol–water partition coefficient (Wildman–Crippen LogP) is 3.55. The molecule has 1 aliphatic heterocycles. The zero-order valence-corrected chi connectivity index (χ0v) is 22.0. The van der Waals surface area contributed by atoms with Gasteiger partial charge in [-0.3, -0.25) is 9.80 Å². The first-order valence-corrected chi connectivity index (χ1v) is 12.4. The minimum absolute atomic E-state index is 0.108. The maximum absolute atomic E-state index is 12.0. The number of carboxylic acid groups (broad SMARTS) is 1. The van der Waals surface area contributed by atoms with Crippen molar-refractivity contribution in [2.75, 3.05) is 70.8 Å². The largest absolute Gasteiger partial charge is 0.497 e. The van der Waals surface area contributed by atoms with E-state index in [-0.39, 0.29) is 18.3 Å². The van der Waals surface area contributed by atoms with Crippen LogP contribution in [-0.4, -0.2) is 91.6 Å². The van der Waals surface area contributed by atoms with Gasteiger partial charge in [-0.25, -0.2) is 9.78 Å². The lowest BCUT2D eigenvalue weighted by molar-refractivity contribution is 0.133. The Morgan fingerprint density at radius 1 is 1.05 bits per heavy atom. The lowest BCUT2D eigenvalue weighted by Gasteiger charge is -2.32. The number of ether oxygens (including phenoxy) is 3. The van der Waals surface area contributed by atoms with E-state index in [1.807, 2.05) is 24.3 Å². The van der Waals surface area contributed by atoms with Gasteiger partial charge in [-0.15, -0.1) is 0 Å². The van der Waals surface area contributed by atoms with Crippen LogP contribution in [0.3, 0.4) is 0 Å². The van der Waals surface area contributed by atoms with Gasteiger partial charge in [-0.05, 0) is 42.9 Å². The van der Waals surface area contributed by atoms with E-state index in [1.54, 1.807) is 38.5 Å². The van der Waals surface area contributed by atoms with Gasteiger partial charge in [0.25, 0.3) is 0 Å². The second kappa shape index (κ2) is 12.9. The molecule has 11 nitrogen and oxygen atoms in total. The standard InChI is InChI=1S/C27H34N6O5/c1-31-11-13-32(14-12-31)15-16-38-23-8-7-21(18-24(23)37-3)29-26-28-10-9-25(30-26)33(27(34)35)19-20-5-4-6-22(17-20)36-2/h4-10,17-18H,11-16,19H2,1-3H3,(H,34,35)(H,28,29,30). The molecule has 0 atom stereocenters. The van der Waals surface area contributed by atoms with Crippen molar-refractivity contribution in [3.8, 4) is 17.2 Å². The van der Waals surface area contributed by atoms with Gasteiger partial charge in [0.1, 0.15) is 18.2 Å². The van der Waals surface area contributed by atoms with Crippen LogP contribution < -0.4 is 24.4 Å². The molecule has 4 rings (SSSR count). The molecule has 0 aliphatic carbocycles. The second-order valence-corrected chi connectivity index (χ2v) is 8.94. The molecule has 1 aromatic heterocycles. The van der Waals surface area contributed by atoms with Gasteiger partial charge in [0, 0.05) is 50.7 Å². The third kappa shape index (κ3) is 7.24. The molecule has 11 heteroatoms. The summed E-state index contributed by atoms with van der Waals surface area (Å²) in [6.45, 7) is 5.74. The van der Waals surface area contributed by atoms with Crippen molar-refractivity contribution < 1.29 is 24.1 Å². The number of carbonyl (C=O) groups is 1. The summed E-state index contributed by atoms with van der Waals surface area (Å²) in [5.74, 6) is 2.38. The topological polar surface area (TPSA) is 113 Å². The van der Waals surface area contributed by atoms with Crippen molar-refractivity contribution in [2.45, 2.75) is 6.54 Å². The SMILES string of the molecule is COc1cccc(CN(C(=O)O)c2ccnc(Nc3ccc(OCCN4CCN(C)CC4)c(OC)c3)n2)c1. The Balaban J connectivity index is 1.41. The molecule has 2 aromatic carbocycles. The first-order valence-electron chi connectivity index (χ1n) is 12.4. The number of likely N-dealkylation sites (N-methyl/N-ethyl adjacent to an activating group) is 1. The summed E-state index contributed by atoms with van der Waals surface area (Å²) < 4.78 is 16.8. The number of hydrogen-bond acceptors (Lipinski definition) is 9. The summed E-state index contributed by atoms with van der Waals surface area (Å²) >= 11 is 0. The minimum atomic E-state index is -1.13. The maximum atomic E-state index is 12.0. The van der Waals surface area contributed by atoms with Gasteiger partial charge >= 0.3 is 6.09 Å². The van der Waals surface area contributed by atoms with Crippen LogP contribution in [0.5, 0.6) is 17.2 Å². The molecule has 0 bridgehead atoms. The molecular formula is C27H34N6O5. The molecule has 2 heterocycles. The average molecular weight is 523 g/mol. The van der Waals surface area contributed by atoms with Crippen molar-refractivity contribution in [1.29, 1.82) is 0 Å². The average Bonchev–Trinajstić information content (AvgIpc) is 2.93. The number of benzene rings is 2. The fraction of sp³-hybridized carbons (Fsp3) is 0.370. The first kappa shape index (κ1) is 27.0. The zero-order chi connectivity index (χ0) is 26.9. The number of nitrogens with zero attached hydrogens (tertiary/aromatic N) is 5. The van der Waals surface area contributed by atoms with Crippen molar-refractivity contribution in [3.05, 3.63) is 60.3 Å². The second-order valence-electron chi connectivity index (χ2n) is 8.94. The molecule has 38 heavy (non-hydrogen) atoms. The highest BCUT2D eigenvalue weighted by Gasteiger charge is 2.18. The summed E-state index contributed by atoms with van der Waals surface area (Å²) in [6.07, 6.45) is 0.386. The van der Waals surface area contributed by atoms with Crippen LogP contribution in [0.25, 0.3) is 0 Å². The molecule has 0 unspecified atom stereocenters. The number of anilines is 3. The van der Waals surface area contributed by atoms with E-state index in [4.69, 9.17) is 14.2 Å². The molecule has 0 saturated carbocycles. The Labute approximate surface area is 222 Å². The summed E-state index contributed by atoms with van der Waals surface area (Å²) in [5.41, 5.74) is 1.45. The number of hydrogen-bond donors (Lipinski definition) is 2. The fourth-order valence-electron chi connectivity index (χ4n) is 4.11. The molecule has 202 valence electrons. The molecule has 0 spiro atoms. The number of methoxy groups -OCH3 is 2. The van der Waals surface area contributed by atoms with Crippen LogP contribution in [0.1, 0.15) is 5.56 Å². The van der Waals surface area contributed by atoms with E-state index in [1.165, 1.54) is 6.20 Å². The van der Waals surface area contributed by atoms with Gasteiger partial charge in [0.15, 0.2) is 11.5 Å². The van der Waals surface area contributed by atoms with Crippen LogP contribution >= 0.6 is 0 Å². The van der Waals surface area contributed by atoms with Crippen LogP contribution in [-0.2, 0) is 6.54 Å². The summed E-state index contributed by atoms with van der Waals surface area (Å²) in [6, 6.07) is 14.3. The molecule has 0 radical (unpaired) electrons. The summed E-state index contributed by atoms with van der Waals surface area (Å²) in [4.78, 5) is 26.6. The number of aromatic nitrogens is 2. The van der Waals surface area contributed by atoms with E-state index in [0.717, 1.165) is 43.2 Å². The van der Waals surface area contributed by atoms with Gasteiger partial charge < -0.3 is 29.5 Å². The summed E-state index contributed by atoms with van der Waals surface area (Å²) in [7, 11) is 5.30. The highest BCUT2D eigenvalue weighted by atomic mass is 16.5. The number of rotatable bonds is 11. The number of nitrogens with one attached hydrogen (secondary N) is 1. The summed E-state index contributed by atoms with van der Waals surface area (Å²) in [5, 5.41) is 13.0. The van der Waals surface area contributed by atoms with Crippen molar-refractivity contribution in [3.63, 3.8) is 0 Å². The van der Waals surface area contributed by atoms with Crippen LogP contribution in [0.4, 0.5) is 22.2 Å². The van der Waals surface area contributed by atoms with Crippen molar-refractivity contribution in [2.24, 2.45) is 0 Å². The van der Waals surface area contributed by atoms with Gasteiger partial charge in [-0.2, -0.15) is 4.98 Å². The Kier molecular flexibility index (Phi) is 9.17. The number of amides is 1. The fourth-order valence-corrected chi connectivity index (χ4v) is 4.11. The third-order valence-electron chi connectivity index (χ3n) is 6.30. The van der Waals surface area contributed by atoms with E-state index in [9.17, 15) is 9.90 Å². The van der Waals surface area contributed by atoms with Gasteiger partial charge in [0.2, 0.25) is 5.95 Å². The van der Waals surface area contributed by atoms with Crippen molar-refractivity contribution in [1.82, 2.24) is 19.8 Å². The monoisotopic (exact) mass is 522 g/mol. The Bertz CT molecular complexity index is 1220. The molecule has 1 saturated heterocycles. The lowest BCUT2D eigenvalue weighted by Crippen LogP contribution is -2.45. The number of piperazine rings is 1. The highest BCUT2D eigenvalue weighted by molar-refractivity contribution is 5.84. The van der Waals surface area contributed by atoms with Crippen LogP contribution in [0, 0.1) is 0 Å². The Hall–Kier alpha value is -4.09. The third-order valence-corrected chi connectivity index (χ3v) is 6.30. The van der Waals surface area contributed by atoms with Gasteiger partial charge in [-0.1, -0.05) is 12.1 Å². The molecule has 1 fully saturated rings. The Morgan fingerprint density at radius 3 is 2.61 bits per heavy atom. The lowest BCUT2D eigenvalue weighted by atomic mass is 10.2. The Morgan fingerprint density at radius 2 is 1.87 bits per heavy atom. The smallest absolute Gasteiger partial charge is 0.413 e. The van der Waals surface area contributed by atoms with E-state index in [0.29, 0.717) is 29.5 Å². The van der Waals surface area contributed by atoms with Crippen LogP contribution in [0.15, 0.2) is 54.7 Å². The molecule has 1 amide bonds. The van der Waals surface area contributed by atoms with E-state index < -0.39 is 6.09 Å². The maximum Gasteiger partial charge on any atom is 0.413 e. The minimum Gasteiger partial charge on any atom is -0.497 e. The van der Waals surface area contributed by atoms with Gasteiger partial charge in [0.05, 0.1) is 20.8 Å².